The van der Waals surface area contributed by atoms with Gasteiger partial charge in [-0.1, -0.05) is 13.2 Å². The average molecular weight is 178 g/mol. The van der Waals surface area contributed by atoms with E-state index in [9.17, 15) is 9.59 Å². The summed E-state index contributed by atoms with van der Waals surface area (Å²) in [7, 11) is 0. The fourth-order valence-corrected chi connectivity index (χ4v) is 0.394. The van der Waals surface area contributed by atoms with Crippen molar-refractivity contribution in [3.63, 3.8) is 0 Å². The third-order valence-electron chi connectivity index (χ3n) is 1.02. The maximum absolute atomic E-state index is 10.6. The van der Waals surface area contributed by atoms with Gasteiger partial charge < -0.3 is 4.74 Å². The standard InChI is InChI=1S/C10H10O3/c1-3-9(11)5-7-13-8-6-10(12)4-2/h3-8H,1-2H2. The number of hydrogen-bond acceptors (Lipinski definition) is 3. The Morgan fingerprint density at radius 2 is 1.31 bits per heavy atom. The minimum absolute atomic E-state index is 0.261. The molecule has 0 spiro atoms. The molecule has 0 aromatic carbocycles. The number of carbonyl (C=O) groups is 2. The molecular weight excluding hydrogens is 168 g/mol. The molecule has 3 heteroatoms. The van der Waals surface area contributed by atoms with Crippen molar-refractivity contribution < 1.29 is 14.3 Å². The Kier molecular flexibility index (Phi) is 5.80. The highest BCUT2D eigenvalue weighted by atomic mass is 16.5. The average Bonchev–Trinajstić information content (AvgIpc) is 2.16. The second-order valence-corrected chi connectivity index (χ2v) is 1.95. The van der Waals surface area contributed by atoms with E-state index in [1.54, 1.807) is 0 Å². The topological polar surface area (TPSA) is 43.4 Å². The van der Waals surface area contributed by atoms with Crippen LogP contribution in [0.5, 0.6) is 0 Å². The van der Waals surface area contributed by atoms with Crippen LogP contribution in [0.4, 0.5) is 0 Å². The largest absolute Gasteiger partial charge is 0.472 e. The van der Waals surface area contributed by atoms with Crippen molar-refractivity contribution in [2.24, 2.45) is 0 Å². The van der Waals surface area contributed by atoms with E-state index in [2.05, 4.69) is 17.9 Å². The minimum atomic E-state index is -0.261. The molecule has 0 bridgehead atoms. The number of ketones is 2. The van der Waals surface area contributed by atoms with E-state index in [1.807, 2.05) is 0 Å². The Labute approximate surface area is 76.7 Å². The van der Waals surface area contributed by atoms with Gasteiger partial charge in [0.05, 0.1) is 12.5 Å². The number of hydrogen-bond donors (Lipinski definition) is 0. The summed E-state index contributed by atoms with van der Waals surface area (Å²) in [5.41, 5.74) is 0. The van der Waals surface area contributed by atoms with Crippen molar-refractivity contribution in [3.05, 3.63) is 50.0 Å². The molecule has 0 heterocycles. The second kappa shape index (κ2) is 6.79. The molecule has 0 aromatic rings. The molecule has 0 aliphatic carbocycles. The number of ether oxygens (including phenoxy) is 1. The molecule has 0 aliphatic rings. The molecule has 13 heavy (non-hydrogen) atoms. The lowest BCUT2D eigenvalue weighted by atomic mass is 10.4. The van der Waals surface area contributed by atoms with E-state index in [1.165, 1.54) is 12.2 Å². The quantitative estimate of drug-likeness (QED) is 0.457. The normalized spacial score (nSPS) is 10.2. The van der Waals surface area contributed by atoms with Crippen LogP contribution in [0, 0.1) is 0 Å². The van der Waals surface area contributed by atoms with Crippen LogP contribution in [0.15, 0.2) is 50.0 Å². The zero-order valence-corrected chi connectivity index (χ0v) is 7.10. The minimum Gasteiger partial charge on any atom is -0.472 e. The number of rotatable bonds is 6. The van der Waals surface area contributed by atoms with Gasteiger partial charge in [0.1, 0.15) is 0 Å². The van der Waals surface area contributed by atoms with Gasteiger partial charge in [-0.15, -0.1) is 0 Å². The highest BCUT2D eigenvalue weighted by Crippen LogP contribution is 1.84. The fourth-order valence-electron chi connectivity index (χ4n) is 0.394. The first kappa shape index (κ1) is 11.1. The third kappa shape index (κ3) is 6.50. The molecule has 0 fully saturated rings. The van der Waals surface area contributed by atoms with Crippen LogP contribution in [0.25, 0.3) is 0 Å². The van der Waals surface area contributed by atoms with Crippen LogP contribution in [0.3, 0.4) is 0 Å². The first-order valence-corrected chi connectivity index (χ1v) is 3.52. The van der Waals surface area contributed by atoms with Crippen LogP contribution in [-0.2, 0) is 14.3 Å². The number of carbonyl (C=O) groups excluding carboxylic acids is 2. The van der Waals surface area contributed by atoms with Crippen LogP contribution in [-0.4, -0.2) is 11.6 Å². The Balaban J connectivity index is 3.79. The van der Waals surface area contributed by atoms with Gasteiger partial charge >= 0.3 is 0 Å². The van der Waals surface area contributed by atoms with Gasteiger partial charge in [-0.25, -0.2) is 0 Å². The molecule has 68 valence electrons. The fraction of sp³-hybridized carbons (Fsp3) is 0. The van der Waals surface area contributed by atoms with Gasteiger partial charge in [-0.3, -0.25) is 9.59 Å². The van der Waals surface area contributed by atoms with Crippen molar-refractivity contribution in [1.82, 2.24) is 0 Å². The Hall–Kier alpha value is -1.90. The summed E-state index contributed by atoms with van der Waals surface area (Å²) in [6, 6.07) is 0. The van der Waals surface area contributed by atoms with E-state index in [-0.39, 0.29) is 11.6 Å². The first-order chi connectivity index (χ1) is 6.20. The lowest BCUT2D eigenvalue weighted by molar-refractivity contribution is -0.111. The SMILES string of the molecule is C=CC(=O)C=COC=CC(=O)C=C. The van der Waals surface area contributed by atoms with Crippen LogP contribution >= 0.6 is 0 Å². The van der Waals surface area contributed by atoms with E-state index in [0.717, 1.165) is 24.7 Å². The molecule has 0 saturated carbocycles. The Morgan fingerprint density at radius 1 is 0.923 bits per heavy atom. The summed E-state index contributed by atoms with van der Waals surface area (Å²) < 4.78 is 4.68. The molecule has 0 aliphatic heterocycles. The second-order valence-electron chi connectivity index (χ2n) is 1.95. The van der Waals surface area contributed by atoms with Crippen LogP contribution < -0.4 is 0 Å². The van der Waals surface area contributed by atoms with Crippen molar-refractivity contribution in [2.45, 2.75) is 0 Å². The van der Waals surface area contributed by atoms with Gasteiger partial charge in [0.25, 0.3) is 0 Å². The Bertz CT molecular complexity index is 244. The van der Waals surface area contributed by atoms with E-state index in [0.29, 0.717) is 0 Å². The maximum Gasteiger partial charge on any atom is 0.181 e. The summed E-state index contributed by atoms with van der Waals surface area (Å²) in [6.45, 7) is 6.52. The van der Waals surface area contributed by atoms with Crippen molar-refractivity contribution in [2.75, 3.05) is 0 Å². The molecule has 0 atom stereocenters. The summed E-state index contributed by atoms with van der Waals surface area (Å²) in [6.07, 6.45) is 7.01. The summed E-state index contributed by atoms with van der Waals surface area (Å²) in [5, 5.41) is 0. The molecule has 0 aromatic heterocycles. The molecule has 0 unspecified atom stereocenters. The van der Waals surface area contributed by atoms with Gasteiger partial charge in [0, 0.05) is 12.2 Å². The predicted molar refractivity (Wildman–Crippen MR) is 49.8 cm³/mol. The molecule has 0 amide bonds. The third-order valence-corrected chi connectivity index (χ3v) is 1.02. The molecule has 0 rings (SSSR count). The van der Waals surface area contributed by atoms with Crippen molar-refractivity contribution in [3.8, 4) is 0 Å². The number of allylic oxidation sites excluding steroid dienone is 4. The smallest absolute Gasteiger partial charge is 0.181 e. The van der Waals surface area contributed by atoms with Crippen LogP contribution in [0.2, 0.25) is 0 Å². The summed E-state index contributed by atoms with van der Waals surface area (Å²) >= 11 is 0. The summed E-state index contributed by atoms with van der Waals surface area (Å²) in [5.74, 6) is -0.521. The van der Waals surface area contributed by atoms with E-state index >= 15 is 0 Å². The zero-order chi connectivity index (χ0) is 10.1. The lowest BCUT2D eigenvalue weighted by Crippen LogP contribution is -1.84. The van der Waals surface area contributed by atoms with Gasteiger partial charge in [0.2, 0.25) is 0 Å². The highest BCUT2D eigenvalue weighted by Gasteiger charge is 1.85. The predicted octanol–water partition coefficient (Wildman–Crippen LogP) is 1.54. The highest BCUT2D eigenvalue weighted by molar-refractivity contribution is 5.99. The first-order valence-electron chi connectivity index (χ1n) is 3.52. The van der Waals surface area contributed by atoms with Gasteiger partial charge in [-0.2, -0.15) is 0 Å². The zero-order valence-electron chi connectivity index (χ0n) is 7.10. The van der Waals surface area contributed by atoms with Crippen molar-refractivity contribution in [1.29, 1.82) is 0 Å². The lowest BCUT2D eigenvalue weighted by Gasteiger charge is -1.86. The Morgan fingerprint density at radius 3 is 1.62 bits per heavy atom. The molecule has 3 nitrogen and oxygen atoms in total. The maximum atomic E-state index is 10.6. The van der Waals surface area contributed by atoms with Gasteiger partial charge in [-0.05, 0) is 12.2 Å². The molecular formula is C10H10O3. The van der Waals surface area contributed by atoms with E-state index < -0.39 is 0 Å². The van der Waals surface area contributed by atoms with Crippen molar-refractivity contribution >= 4 is 11.6 Å². The molecule has 0 radical (unpaired) electrons. The molecule has 0 N–H and O–H groups in total. The monoisotopic (exact) mass is 178 g/mol. The van der Waals surface area contributed by atoms with Gasteiger partial charge in [0.15, 0.2) is 11.6 Å². The summed E-state index contributed by atoms with van der Waals surface area (Å²) in [4.78, 5) is 21.1. The molecule has 0 saturated heterocycles. The van der Waals surface area contributed by atoms with E-state index in [4.69, 9.17) is 0 Å². The van der Waals surface area contributed by atoms with Crippen LogP contribution in [0.1, 0.15) is 0 Å².